The summed E-state index contributed by atoms with van der Waals surface area (Å²) in [7, 11) is 4.78. The Morgan fingerprint density at radius 3 is 2.61 bits per heavy atom. The molecule has 1 aromatic heterocycles. The molecule has 28 heavy (non-hydrogen) atoms. The van der Waals surface area contributed by atoms with E-state index in [1.807, 2.05) is 42.5 Å². The lowest BCUT2D eigenvalue weighted by molar-refractivity contribution is 0.0949. The summed E-state index contributed by atoms with van der Waals surface area (Å²) in [6, 6.07) is 13.0. The van der Waals surface area contributed by atoms with Crippen LogP contribution in [-0.2, 0) is 6.42 Å². The minimum absolute atomic E-state index is 0.245. The number of methoxy groups -OCH3 is 3. The molecule has 8 heteroatoms. The van der Waals surface area contributed by atoms with Crippen molar-refractivity contribution in [3.05, 3.63) is 59.9 Å². The molecule has 8 nitrogen and oxygen atoms in total. The van der Waals surface area contributed by atoms with E-state index in [1.165, 1.54) is 4.68 Å². The molecule has 1 heterocycles. The zero-order chi connectivity index (χ0) is 19.9. The van der Waals surface area contributed by atoms with Gasteiger partial charge in [0.05, 0.1) is 33.2 Å². The topological polar surface area (TPSA) is 87.5 Å². The van der Waals surface area contributed by atoms with Crippen molar-refractivity contribution >= 4 is 5.91 Å². The van der Waals surface area contributed by atoms with Gasteiger partial charge in [0.2, 0.25) is 0 Å². The molecule has 0 aliphatic heterocycles. The average molecular weight is 382 g/mol. The third-order valence-corrected chi connectivity index (χ3v) is 4.19. The van der Waals surface area contributed by atoms with Gasteiger partial charge in [-0.3, -0.25) is 4.79 Å². The van der Waals surface area contributed by atoms with E-state index in [-0.39, 0.29) is 11.6 Å². The van der Waals surface area contributed by atoms with E-state index in [4.69, 9.17) is 14.2 Å². The van der Waals surface area contributed by atoms with Crippen LogP contribution in [0.5, 0.6) is 17.2 Å². The van der Waals surface area contributed by atoms with E-state index in [0.717, 1.165) is 11.3 Å². The van der Waals surface area contributed by atoms with Crippen molar-refractivity contribution in [2.75, 3.05) is 27.9 Å². The monoisotopic (exact) mass is 382 g/mol. The number of ether oxygens (including phenoxy) is 3. The molecule has 0 saturated carbocycles. The number of nitrogens with one attached hydrogen (secondary N) is 1. The van der Waals surface area contributed by atoms with Crippen LogP contribution in [0, 0.1) is 0 Å². The fourth-order valence-electron chi connectivity index (χ4n) is 2.69. The first-order valence-electron chi connectivity index (χ1n) is 8.70. The summed E-state index contributed by atoms with van der Waals surface area (Å²) >= 11 is 0. The summed E-state index contributed by atoms with van der Waals surface area (Å²) < 4.78 is 17.3. The molecule has 3 aromatic rings. The van der Waals surface area contributed by atoms with Crippen molar-refractivity contribution in [3.63, 3.8) is 0 Å². The number of benzene rings is 2. The molecule has 1 amide bonds. The molecule has 2 aromatic carbocycles. The minimum Gasteiger partial charge on any atom is -0.497 e. The molecule has 0 aliphatic rings. The summed E-state index contributed by atoms with van der Waals surface area (Å²) in [5.41, 5.74) is 2.03. The van der Waals surface area contributed by atoms with Crippen LogP contribution >= 0.6 is 0 Å². The highest BCUT2D eigenvalue weighted by Gasteiger charge is 2.12. The molecule has 0 atom stereocenters. The van der Waals surface area contributed by atoms with Crippen molar-refractivity contribution in [1.29, 1.82) is 0 Å². The Balaban J connectivity index is 1.59. The van der Waals surface area contributed by atoms with Gasteiger partial charge in [0.15, 0.2) is 17.2 Å². The van der Waals surface area contributed by atoms with Crippen molar-refractivity contribution in [3.8, 4) is 22.9 Å². The first-order valence-corrected chi connectivity index (χ1v) is 8.70. The van der Waals surface area contributed by atoms with Gasteiger partial charge in [-0.15, -0.1) is 5.10 Å². The highest BCUT2D eigenvalue weighted by molar-refractivity contribution is 5.91. The van der Waals surface area contributed by atoms with Crippen LogP contribution in [0.4, 0.5) is 0 Å². The standard InChI is InChI=1S/C20H22N4O4/c1-26-16-6-4-5-15(12-16)24-13-17(22-23-24)20(25)21-10-9-14-7-8-18(27-2)19(11-14)28-3/h4-8,11-13H,9-10H2,1-3H3,(H,21,25). The molecule has 0 radical (unpaired) electrons. The maximum absolute atomic E-state index is 12.3. The van der Waals surface area contributed by atoms with Gasteiger partial charge in [0.1, 0.15) is 5.75 Å². The second-order valence-corrected chi connectivity index (χ2v) is 5.95. The molecule has 0 saturated heterocycles. The molecule has 0 fully saturated rings. The Morgan fingerprint density at radius 1 is 1.04 bits per heavy atom. The Kier molecular flexibility index (Phi) is 6.11. The van der Waals surface area contributed by atoms with E-state index in [2.05, 4.69) is 15.6 Å². The van der Waals surface area contributed by atoms with Crippen LogP contribution in [0.25, 0.3) is 5.69 Å². The van der Waals surface area contributed by atoms with Crippen LogP contribution in [0.15, 0.2) is 48.7 Å². The lowest BCUT2D eigenvalue weighted by Gasteiger charge is -2.09. The average Bonchev–Trinajstić information content (AvgIpc) is 3.24. The second-order valence-electron chi connectivity index (χ2n) is 5.95. The summed E-state index contributed by atoms with van der Waals surface area (Å²) in [5.74, 6) is 1.75. The smallest absolute Gasteiger partial charge is 0.273 e. The number of carbonyl (C=O) groups is 1. The fraction of sp³-hybridized carbons (Fsp3) is 0.250. The summed E-state index contributed by atoms with van der Waals surface area (Å²) in [4.78, 5) is 12.3. The summed E-state index contributed by atoms with van der Waals surface area (Å²) in [6.45, 7) is 0.459. The zero-order valence-electron chi connectivity index (χ0n) is 16.0. The van der Waals surface area contributed by atoms with E-state index >= 15 is 0 Å². The van der Waals surface area contributed by atoms with Crippen LogP contribution in [0.1, 0.15) is 16.1 Å². The Morgan fingerprint density at radius 2 is 1.86 bits per heavy atom. The van der Waals surface area contributed by atoms with Gasteiger partial charge in [0, 0.05) is 12.6 Å². The molecule has 0 spiro atoms. The van der Waals surface area contributed by atoms with Crippen molar-refractivity contribution in [1.82, 2.24) is 20.3 Å². The van der Waals surface area contributed by atoms with Crippen LogP contribution in [-0.4, -0.2) is 48.8 Å². The number of aromatic nitrogens is 3. The molecule has 3 rings (SSSR count). The normalized spacial score (nSPS) is 10.4. The van der Waals surface area contributed by atoms with Gasteiger partial charge in [-0.2, -0.15) is 0 Å². The van der Waals surface area contributed by atoms with Crippen LogP contribution < -0.4 is 19.5 Å². The van der Waals surface area contributed by atoms with Crippen molar-refractivity contribution < 1.29 is 19.0 Å². The number of rotatable bonds is 8. The summed E-state index contributed by atoms with van der Waals surface area (Å²) in [6.07, 6.45) is 2.23. The fourth-order valence-corrected chi connectivity index (χ4v) is 2.69. The number of nitrogens with zero attached hydrogens (tertiary/aromatic N) is 3. The molecule has 1 N–H and O–H groups in total. The minimum atomic E-state index is -0.283. The number of carbonyl (C=O) groups excluding carboxylic acids is 1. The second kappa shape index (κ2) is 8.90. The van der Waals surface area contributed by atoms with Crippen LogP contribution in [0.3, 0.4) is 0 Å². The van der Waals surface area contributed by atoms with Gasteiger partial charge >= 0.3 is 0 Å². The SMILES string of the molecule is COc1cccc(-n2cc(C(=O)NCCc3ccc(OC)c(OC)c3)nn2)c1. The van der Waals surface area contributed by atoms with E-state index in [1.54, 1.807) is 27.5 Å². The first kappa shape index (κ1) is 19.2. The lowest BCUT2D eigenvalue weighted by atomic mass is 10.1. The number of hydrogen-bond donors (Lipinski definition) is 1. The van der Waals surface area contributed by atoms with E-state index in [9.17, 15) is 4.79 Å². The quantitative estimate of drug-likeness (QED) is 0.643. The molecule has 146 valence electrons. The predicted octanol–water partition coefficient (Wildman–Crippen LogP) is 2.27. The third-order valence-electron chi connectivity index (χ3n) is 4.19. The van der Waals surface area contributed by atoms with Crippen LogP contribution in [0.2, 0.25) is 0 Å². The maximum atomic E-state index is 12.3. The Bertz CT molecular complexity index is 955. The van der Waals surface area contributed by atoms with Crippen molar-refractivity contribution in [2.45, 2.75) is 6.42 Å². The highest BCUT2D eigenvalue weighted by atomic mass is 16.5. The number of amides is 1. The third kappa shape index (κ3) is 4.40. The predicted molar refractivity (Wildman–Crippen MR) is 103 cm³/mol. The maximum Gasteiger partial charge on any atom is 0.273 e. The van der Waals surface area contributed by atoms with E-state index in [0.29, 0.717) is 30.2 Å². The first-order chi connectivity index (χ1) is 13.6. The van der Waals surface area contributed by atoms with Crippen molar-refractivity contribution in [2.24, 2.45) is 0 Å². The van der Waals surface area contributed by atoms with E-state index < -0.39 is 0 Å². The number of hydrogen-bond acceptors (Lipinski definition) is 6. The largest absolute Gasteiger partial charge is 0.497 e. The molecular weight excluding hydrogens is 360 g/mol. The summed E-state index contributed by atoms with van der Waals surface area (Å²) in [5, 5.41) is 10.8. The molecular formula is C20H22N4O4. The Labute approximate surface area is 163 Å². The van der Waals surface area contributed by atoms with Gasteiger partial charge < -0.3 is 19.5 Å². The van der Waals surface area contributed by atoms with Gasteiger partial charge in [-0.05, 0) is 36.2 Å². The molecule has 0 bridgehead atoms. The Hall–Kier alpha value is -3.55. The van der Waals surface area contributed by atoms with Gasteiger partial charge in [0.25, 0.3) is 5.91 Å². The van der Waals surface area contributed by atoms with Gasteiger partial charge in [-0.25, -0.2) is 4.68 Å². The molecule has 0 unspecified atom stereocenters. The lowest BCUT2D eigenvalue weighted by Crippen LogP contribution is -2.26. The van der Waals surface area contributed by atoms with Gasteiger partial charge in [-0.1, -0.05) is 17.3 Å². The zero-order valence-corrected chi connectivity index (χ0v) is 16.0. The molecule has 0 aliphatic carbocycles. The highest BCUT2D eigenvalue weighted by Crippen LogP contribution is 2.27.